The van der Waals surface area contributed by atoms with Gasteiger partial charge in [-0.25, -0.2) is 5.10 Å². The van der Waals surface area contributed by atoms with Crippen molar-refractivity contribution in [2.75, 3.05) is 13.1 Å². The number of hydrogen-bond acceptors (Lipinski definition) is 4. The van der Waals surface area contributed by atoms with Crippen LogP contribution in [0, 0.1) is 6.92 Å². The van der Waals surface area contributed by atoms with E-state index in [4.69, 9.17) is 4.74 Å². The Morgan fingerprint density at radius 1 is 1.16 bits per heavy atom. The zero-order chi connectivity index (χ0) is 17.2. The molecule has 0 bridgehead atoms. The Hall–Kier alpha value is -2.14. The average molecular weight is 339 g/mol. The Kier molecular flexibility index (Phi) is 4.57. The molecular weight excluding hydrogens is 314 g/mol. The fraction of sp³-hybridized carbons (Fsp3) is 0.500. The van der Waals surface area contributed by atoms with E-state index < -0.39 is 0 Å². The lowest BCUT2D eigenvalue weighted by Crippen LogP contribution is -2.46. The van der Waals surface area contributed by atoms with Crippen molar-refractivity contribution in [1.29, 1.82) is 0 Å². The number of ether oxygens (including phenoxy) is 1. The molecule has 5 heteroatoms. The van der Waals surface area contributed by atoms with Gasteiger partial charge in [-0.15, -0.1) is 0 Å². The van der Waals surface area contributed by atoms with Crippen LogP contribution in [-0.2, 0) is 0 Å². The molecule has 4 rings (SSSR count). The van der Waals surface area contributed by atoms with Crippen molar-refractivity contribution < 1.29 is 4.74 Å². The Morgan fingerprint density at radius 3 is 2.60 bits per heavy atom. The quantitative estimate of drug-likeness (QED) is 0.930. The van der Waals surface area contributed by atoms with Gasteiger partial charge in [-0.3, -0.25) is 4.79 Å². The van der Waals surface area contributed by atoms with Crippen molar-refractivity contribution in [2.24, 2.45) is 0 Å². The van der Waals surface area contributed by atoms with Crippen LogP contribution < -0.4 is 10.3 Å². The third-order valence-corrected chi connectivity index (χ3v) is 5.54. The minimum Gasteiger partial charge on any atom is -0.490 e. The maximum absolute atomic E-state index is 11.5. The molecule has 0 radical (unpaired) electrons. The van der Waals surface area contributed by atoms with Crippen molar-refractivity contribution in [3.05, 3.63) is 46.4 Å². The summed E-state index contributed by atoms with van der Waals surface area (Å²) in [5.74, 6) is 0.918. The van der Waals surface area contributed by atoms with Crippen molar-refractivity contribution in [3.8, 4) is 16.9 Å². The molecule has 5 nitrogen and oxygen atoms in total. The van der Waals surface area contributed by atoms with Crippen LogP contribution in [0.5, 0.6) is 5.75 Å². The van der Waals surface area contributed by atoms with Crippen LogP contribution >= 0.6 is 0 Å². The van der Waals surface area contributed by atoms with E-state index in [1.165, 1.54) is 19.3 Å². The third-order valence-electron chi connectivity index (χ3n) is 5.54. The van der Waals surface area contributed by atoms with Gasteiger partial charge in [-0.2, -0.15) is 5.10 Å². The standard InChI is InChI=1S/C20H25N3O2/c1-14-11-18(5-6-19(14)15-12-20(24)22-21-13-15)25-17-7-9-23(10-8-17)16-3-2-4-16/h5-6,11-13,16-17H,2-4,7-10H2,1H3,(H,22,24). The first-order valence-corrected chi connectivity index (χ1v) is 9.25. The van der Waals surface area contributed by atoms with Gasteiger partial charge in [0.25, 0.3) is 5.56 Å². The number of hydrogen-bond donors (Lipinski definition) is 1. The molecule has 1 saturated heterocycles. The smallest absolute Gasteiger partial charge is 0.264 e. The van der Waals surface area contributed by atoms with Gasteiger partial charge in [0.15, 0.2) is 0 Å². The predicted molar refractivity (Wildman–Crippen MR) is 97.9 cm³/mol. The summed E-state index contributed by atoms with van der Waals surface area (Å²) >= 11 is 0. The van der Waals surface area contributed by atoms with E-state index >= 15 is 0 Å². The molecule has 1 saturated carbocycles. The Bertz CT molecular complexity index is 790. The summed E-state index contributed by atoms with van der Waals surface area (Å²) in [6.07, 6.45) is 8.36. The van der Waals surface area contributed by atoms with E-state index in [9.17, 15) is 4.79 Å². The van der Waals surface area contributed by atoms with Gasteiger partial charge in [0.1, 0.15) is 11.9 Å². The van der Waals surface area contributed by atoms with E-state index in [1.54, 1.807) is 12.3 Å². The summed E-state index contributed by atoms with van der Waals surface area (Å²) in [6, 6.07) is 8.50. The van der Waals surface area contributed by atoms with Crippen LogP contribution in [0.1, 0.15) is 37.7 Å². The second-order valence-corrected chi connectivity index (χ2v) is 7.25. The summed E-state index contributed by atoms with van der Waals surface area (Å²) in [6.45, 7) is 4.36. The monoisotopic (exact) mass is 339 g/mol. The number of piperidine rings is 1. The minimum atomic E-state index is -0.185. The fourth-order valence-corrected chi connectivity index (χ4v) is 3.86. The van der Waals surface area contributed by atoms with E-state index in [-0.39, 0.29) is 5.56 Å². The molecule has 1 aliphatic carbocycles. The van der Waals surface area contributed by atoms with Gasteiger partial charge < -0.3 is 9.64 Å². The lowest BCUT2D eigenvalue weighted by molar-refractivity contribution is 0.0493. The number of likely N-dealkylation sites (tertiary alicyclic amines) is 1. The lowest BCUT2D eigenvalue weighted by atomic mass is 9.90. The van der Waals surface area contributed by atoms with Gasteiger partial charge >= 0.3 is 0 Å². The summed E-state index contributed by atoms with van der Waals surface area (Å²) in [7, 11) is 0. The highest BCUT2D eigenvalue weighted by Crippen LogP contribution is 2.30. The topological polar surface area (TPSA) is 58.2 Å². The molecule has 0 unspecified atom stereocenters. The number of H-pyrrole nitrogens is 1. The van der Waals surface area contributed by atoms with Gasteiger partial charge in [-0.05, 0) is 55.9 Å². The Balaban J connectivity index is 1.40. The first-order valence-electron chi connectivity index (χ1n) is 9.25. The van der Waals surface area contributed by atoms with Crippen LogP contribution in [0.15, 0.2) is 35.3 Å². The van der Waals surface area contributed by atoms with Crippen LogP contribution in [0.2, 0.25) is 0 Å². The van der Waals surface area contributed by atoms with E-state index in [0.717, 1.165) is 54.4 Å². The number of nitrogens with one attached hydrogen (secondary N) is 1. The maximum Gasteiger partial charge on any atom is 0.264 e. The first kappa shape index (κ1) is 16.3. The van der Waals surface area contributed by atoms with Crippen molar-refractivity contribution >= 4 is 0 Å². The van der Waals surface area contributed by atoms with Gasteiger partial charge in [0, 0.05) is 30.8 Å². The lowest BCUT2D eigenvalue weighted by Gasteiger charge is -2.41. The Labute approximate surface area is 148 Å². The number of aromatic amines is 1. The van der Waals surface area contributed by atoms with Crippen molar-refractivity contribution in [1.82, 2.24) is 15.1 Å². The summed E-state index contributed by atoms with van der Waals surface area (Å²) in [5, 5.41) is 6.29. The normalized spacial score (nSPS) is 19.6. The predicted octanol–water partition coefficient (Wildman–Crippen LogP) is 3.14. The molecule has 1 N–H and O–H groups in total. The molecule has 2 heterocycles. The molecule has 2 aromatic rings. The largest absolute Gasteiger partial charge is 0.490 e. The van der Waals surface area contributed by atoms with Crippen LogP contribution in [0.3, 0.4) is 0 Å². The molecule has 132 valence electrons. The zero-order valence-electron chi connectivity index (χ0n) is 14.7. The van der Waals surface area contributed by atoms with Crippen LogP contribution in [-0.4, -0.2) is 40.3 Å². The molecule has 1 aromatic carbocycles. The highest BCUT2D eigenvalue weighted by Gasteiger charge is 2.29. The number of benzene rings is 1. The van der Waals surface area contributed by atoms with E-state index in [1.807, 2.05) is 19.1 Å². The first-order chi connectivity index (χ1) is 12.2. The van der Waals surface area contributed by atoms with E-state index in [2.05, 4.69) is 21.2 Å². The highest BCUT2D eigenvalue weighted by molar-refractivity contribution is 5.66. The van der Waals surface area contributed by atoms with Crippen molar-refractivity contribution in [2.45, 2.75) is 51.2 Å². The maximum atomic E-state index is 11.5. The average Bonchev–Trinajstić information content (AvgIpc) is 2.55. The molecule has 2 aliphatic rings. The molecule has 2 fully saturated rings. The summed E-state index contributed by atoms with van der Waals surface area (Å²) < 4.78 is 6.22. The van der Waals surface area contributed by atoms with Crippen LogP contribution in [0.25, 0.3) is 11.1 Å². The minimum absolute atomic E-state index is 0.185. The van der Waals surface area contributed by atoms with Gasteiger partial charge in [0.2, 0.25) is 0 Å². The summed E-state index contributed by atoms with van der Waals surface area (Å²) in [4.78, 5) is 14.1. The fourth-order valence-electron chi connectivity index (χ4n) is 3.86. The summed E-state index contributed by atoms with van der Waals surface area (Å²) in [5.41, 5.74) is 2.76. The van der Waals surface area contributed by atoms with Crippen molar-refractivity contribution in [3.63, 3.8) is 0 Å². The number of aromatic nitrogens is 2. The Morgan fingerprint density at radius 2 is 1.96 bits per heavy atom. The second kappa shape index (κ2) is 7.00. The molecular formula is C20H25N3O2. The molecule has 25 heavy (non-hydrogen) atoms. The molecule has 0 spiro atoms. The zero-order valence-corrected chi connectivity index (χ0v) is 14.7. The second-order valence-electron chi connectivity index (χ2n) is 7.25. The molecule has 0 atom stereocenters. The number of aryl methyl sites for hydroxylation is 1. The highest BCUT2D eigenvalue weighted by atomic mass is 16.5. The number of nitrogens with zero attached hydrogens (tertiary/aromatic N) is 2. The van der Waals surface area contributed by atoms with Gasteiger partial charge in [-0.1, -0.05) is 12.5 Å². The molecule has 1 aromatic heterocycles. The van der Waals surface area contributed by atoms with E-state index in [0.29, 0.717) is 6.10 Å². The molecule has 0 amide bonds. The van der Waals surface area contributed by atoms with Gasteiger partial charge in [0.05, 0.1) is 6.20 Å². The SMILES string of the molecule is Cc1cc(OC2CCN(C3CCC3)CC2)ccc1-c1cn[nH]c(=O)c1. The molecule has 1 aliphatic heterocycles. The number of rotatable bonds is 4. The van der Waals surface area contributed by atoms with Crippen LogP contribution in [0.4, 0.5) is 0 Å². The third kappa shape index (κ3) is 3.61.